The lowest BCUT2D eigenvalue weighted by molar-refractivity contribution is -0.521. The van der Waals surface area contributed by atoms with Crippen molar-refractivity contribution >= 4 is 23.0 Å². The third kappa shape index (κ3) is 2.36. The Morgan fingerprint density at radius 3 is 2.86 bits per heavy atom. The van der Waals surface area contributed by atoms with Gasteiger partial charge in [-0.2, -0.15) is 4.40 Å². The van der Waals surface area contributed by atoms with E-state index in [4.69, 9.17) is 11.6 Å². The minimum Gasteiger partial charge on any atom is -0.474 e. The largest absolute Gasteiger partial charge is 0.474 e. The number of halogens is 1. The van der Waals surface area contributed by atoms with Crippen LogP contribution in [0.2, 0.25) is 5.15 Å². The van der Waals surface area contributed by atoms with E-state index in [0.717, 1.165) is 11.2 Å². The first-order valence-electron chi connectivity index (χ1n) is 6.41. The number of carbonyl (C=O) groups excluding carboxylic acids is 1. The molecule has 0 unspecified atom stereocenters. The normalized spacial score (nSPS) is 11.0. The molecule has 0 saturated carbocycles. The van der Waals surface area contributed by atoms with E-state index in [2.05, 4.69) is 4.98 Å². The van der Waals surface area contributed by atoms with Gasteiger partial charge in [0.05, 0.1) is 6.20 Å². The molecular weight excluding hydrogens is 290 g/mol. The second-order valence-electron chi connectivity index (χ2n) is 4.73. The Hall–Kier alpha value is -2.40. The first-order valence-corrected chi connectivity index (χ1v) is 6.79. The Morgan fingerprint density at radius 2 is 2.19 bits per heavy atom. The molecule has 0 bridgehead atoms. The smallest absolute Gasteiger partial charge is 0.339 e. The number of rotatable bonds is 3. The number of hydrogen-bond acceptors (Lipinski definition) is 3. The van der Waals surface area contributed by atoms with Crippen molar-refractivity contribution in [3.05, 3.63) is 59.1 Å². The third-order valence-corrected chi connectivity index (χ3v) is 3.51. The van der Waals surface area contributed by atoms with Crippen LogP contribution in [0.5, 0.6) is 5.88 Å². The summed E-state index contributed by atoms with van der Waals surface area (Å²) >= 11 is 5.78. The summed E-state index contributed by atoms with van der Waals surface area (Å²) in [5, 5.41) is 10.7. The number of imidazole rings is 1. The van der Waals surface area contributed by atoms with E-state index in [-0.39, 0.29) is 17.4 Å². The summed E-state index contributed by atoms with van der Waals surface area (Å²) in [5.74, 6) is -0.252. The molecule has 6 heteroatoms. The predicted octanol–water partition coefficient (Wildman–Crippen LogP) is 2.23. The van der Waals surface area contributed by atoms with E-state index in [9.17, 15) is 9.90 Å². The van der Waals surface area contributed by atoms with Crippen molar-refractivity contribution < 1.29 is 14.3 Å². The van der Waals surface area contributed by atoms with Gasteiger partial charge in [-0.15, -0.1) is 0 Å². The summed E-state index contributed by atoms with van der Waals surface area (Å²) < 4.78 is 3.35. The van der Waals surface area contributed by atoms with Crippen LogP contribution >= 0.6 is 11.6 Å². The predicted molar refractivity (Wildman–Crippen MR) is 77.6 cm³/mol. The second kappa shape index (κ2) is 5.18. The van der Waals surface area contributed by atoms with E-state index in [1.165, 1.54) is 6.92 Å². The van der Waals surface area contributed by atoms with Gasteiger partial charge in [0.2, 0.25) is 5.78 Å². The molecule has 3 aromatic heterocycles. The number of fused-ring (bicyclic) bond motifs is 1. The molecule has 5 nitrogen and oxygen atoms in total. The molecule has 1 N–H and O–H groups in total. The highest BCUT2D eigenvalue weighted by Gasteiger charge is 2.28. The molecular formula is C15H13ClN3O2+. The molecule has 3 heterocycles. The first kappa shape index (κ1) is 13.6. The van der Waals surface area contributed by atoms with Crippen molar-refractivity contribution in [3.63, 3.8) is 0 Å². The molecule has 21 heavy (non-hydrogen) atoms. The van der Waals surface area contributed by atoms with Gasteiger partial charge in [0.1, 0.15) is 11.7 Å². The SMILES string of the molecule is CC(=O)c1c(O)[n+]2ccccc2n1Cc1ccc(Cl)nc1. The Bertz CT molecular complexity index is 825. The number of nitrogens with zero attached hydrogens (tertiary/aromatic N) is 3. The number of pyridine rings is 2. The molecule has 0 aromatic carbocycles. The lowest BCUT2D eigenvalue weighted by Crippen LogP contribution is -2.19. The summed E-state index contributed by atoms with van der Waals surface area (Å²) in [7, 11) is 0. The maximum Gasteiger partial charge on any atom is 0.339 e. The molecule has 0 saturated heterocycles. The van der Waals surface area contributed by atoms with E-state index < -0.39 is 0 Å². The van der Waals surface area contributed by atoms with Crippen molar-refractivity contribution in [3.8, 4) is 5.88 Å². The van der Waals surface area contributed by atoms with Crippen LogP contribution in [0.1, 0.15) is 23.0 Å². The van der Waals surface area contributed by atoms with Gasteiger partial charge < -0.3 is 5.11 Å². The number of carbonyl (C=O) groups is 1. The highest BCUT2D eigenvalue weighted by atomic mass is 35.5. The highest BCUT2D eigenvalue weighted by molar-refractivity contribution is 6.29. The number of aromatic nitrogens is 3. The molecule has 106 valence electrons. The lowest BCUT2D eigenvalue weighted by atomic mass is 10.2. The first-order chi connectivity index (χ1) is 10.1. The van der Waals surface area contributed by atoms with E-state index in [1.54, 1.807) is 33.5 Å². The Labute approximate surface area is 126 Å². The summed E-state index contributed by atoms with van der Waals surface area (Å²) in [6.07, 6.45) is 3.37. The molecule has 3 rings (SSSR count). The fourth-order valence-corrected chi connectivity index (χ4v) is 2.48. The fourth-order valence-electron chi connectivity index (χ4n) is 2.37. The monoisotopic (exact) mass is 302 g/mol. The van der Waals surface area contributed by atoms with Crippen LogP contribution in [-0.2, 0) is 6.54 Å². The zero-order valence-corrected chi connectivity index (χ0v) is 12.1. The number of aromatic hydroxyl groups is 1. The van der Waals surface area contributed by atoms with Crippen LogP contribution in [0.4, 0.5) is 0 Å². The lowest BCUT2D eigenvalue weighted by Gasteiger charge is -2.01. The average molecular weight is 303 g/mol. The molecule has 0 amide bonds. The van der Waals surface area contributed by atoms with Crippen molar-refractivity contribution in [1.29, 1.82) is 0 Å². The van der Waals surface area contributed by atoms with Crippen LogP contribution < -0.4 is 4.40 Å². The zero-order valence-electron chi connectivity index (χ0n) is 11.3. The number of Topliss-reactive ketones (excluding diaryl/α,β-unsaturated/α-hetero) is 1. The fraction of sp³-hybridized carbons (Fsp3) is 0.133. The van der Waals surface area contributed by atoms with Crippen LogP contribution in [-0.4, -0.2) is 20.4 Å². The Kier molecular flexibility index (Phi) is 3.35. The van der Waals surface area contributed by atoms with Crippen LogP contribution in [0.25, 0.3) is 5.65 Å². The van der Waals surface area contributed by atoms with Crippen molar-refractivity contribution in [1.82, 2.24) is 9.55 Å². The topological polar surface area (TPSA) is 59.2 Å². The summed E-state index contributed by atoms with van der Waals surface area (Å²) in [6.45, 7) is 1.86. The van der Waals surface area contributed by atoms with E-state index in [0.29, 0.717) is 11.7 Å². The molecule has 0 spiro atoms. The summed E-state index contributed by atoms with van der Waals surface area (Å²) in [6, 6.07) is 9.04. The maximum atomic E-state index is 11.9. The molecule has 0 aliphatic heterocycles. The second-order valence-corrected chi connectivity index (χ2v) is 5.12. The van der Waals surface area contributed by atoms with Crippen molar-refractivity contribution in [2.45, 2.75) is 13.5 Å². The molecule has 0 radical (unpaired) electrons. The summed E-state index contributed by atoms with van der Waals surface area (Å²) in [5.41, 5.74) is 1.90. The van der Waals surface area contributed by atoms with Crippen LogP contribution in [0.3, 0.4) is 0 Å². The van der Waals surface area contributed by atoms with Crippen LogP contribution in [0.15, 0.2) is 42.7 Å². The highest BCUT2D eigenvalue weighted by Crippen LogP contribution is 2.19. The maximum absolute atomic E-state index is 11.9. The van der Waals surface area contributed by atoms with Gasteiger partial charge in [0, 0.05) is 24.8 Å². The molecule has 3 aromatic rings. The standard InChI is InChI=1S/C15H12ClN3O2/c1-10(20)14-15(21)18-7-3-2-4-13(18)19(14)9-11-5-6-12(16)17-8-11/h2-8H,9H2,1H3/p+1. The minimum absolute atomic E-state index is 0.0555. The number of ketones is 1. The van der Waals surface area contributed by atoms with Gasteiger partial charge in [-0.05, 0) is 12.1 Å². The zero-order chi connectivity index (χ0) is 15.0. The molecule has 0 aliphatic rings. The van der Waals surface area contributed by atoms with Gasteiger partial charge in [-0.1, -0.05) is 23.7 Å². The molecule has 0 aliphatic carbocycles. The quantitative estimate of drug-likeness (QED) is 0.458. The van der Waals surface area contributed by atoms with Gasteiger partial charge in [0.15, 0.2) is 0 Å². The van der Waals surface area contributed by atoms with Gasteiger partial charge in [-0.3, -0.25) is 4.79 Å². The van der Waals surface area contributed by atoms with Gasteiger partial charge >= 0.3 is 5.88 Å². The van der Waals surface area contributed by atoms with Gasteiger partial charge in [-0.25, -0.2) is 9.55 Å². The Balaban J connectivity index is 2.18. The average Bonchev–Trinajstić information content (AvgIpc) is 2.75. The third-order valence-electron chi connectivity index (χ3n) is 3.29. The van der Waals surface area contributed by atoms with Gasteiger partial charge in [0.25, 0.3) is 11.3 Å². The van der Waals surface area contributed by atoms with Crippen molar-refractivity contribution in [2.24, 2.45) is 0 Å². The van der Waals surface area contributed by atoms with Crippen molar-refractivity contribution in [2.75, 3.05) is 0 Å². The minimum atomic E-state index is -0.196. The van der Waals surface area contributed by atoms with E-state index in [1.807, 2.05) is 18.2 Å². The Morgan fingerprint density at radius 1 is 1.38 bits per heavy atom. The number of hydrogen-bond donors (Lipinski definition) is 1. The van der Waals surface area contributed by atoms with Crippen LogP contribution in [0, 0.1) is 0 Å². The molecule has 0 fully saturated rings. The summed E-state index contributed by atoms with van der Waals surface area (Å²) in [4.78, 5) is 15.9. The van der Waals surface area contributed by atoms with E-state index >= 15 is 0 Å². The molecule has 0 atom stereocenters.